The molecular weight excluding hydrogens is 403 g/mol. The van der Waals surface area contributed by atoms with Crippen LogP contribution in [0.5, 0.6) is 0 Å². The van der Waals surface area contributed by atoms with E-state index in [2.05, 4.69) is 43.3 Å². The number of hydrogen-bond donors (Lipinski definition) is 0. The molecule has 2 fully saturated rings. The Bertz CT molecular complexity index is 831. The molecule has 0 heterocycles. The Morgan fingerprint density at radius 3 is 1.64 bits per heavy atom. The molecule has 4 rings (SSSR count). The van der Waals surface area contributed by atoms with Gasteiger partial charge in [-0.2, -0.15) is 0 Å². The quantitative estimate of drug-likeness (QED) is 0.336. The summed E-state index contributed by atoms with van der Waals surface area (Å²) in [5, 5.41) is 0. The summed E-state index contributed by atoms with van der Waals surface area (Å²) in [6, 6.07) is 16.9. The summed E-state index contributed by atoms with van der Waals surface area (Å²) in [6.07, 6.45) is 21.6. The first kappa shape index (κ1) is 24.2. The summed E-state index contributed by atoms with van der Waals surface area (Å²) in [5.74, 6) is 3.96. The van der Waals surface area contributed by atoms with Crippen molar-refractivity contribution in [2.75, 3.05) is 0 Å². The molecule has 2 saturated carbocycles. The van der Waals surface area contributed by atoms with Crippen molar-refractivity contribution in [3.63, 3.8) is 0 Å². The van der Waals surface area contributed by atoms with Crippen molar-refractivity contribution in [2.24, 2.45) is 23.7 Å². The van der Waals surface area contributed by atoms with Crippen molar-refractivity contribution in [3.8, 4) is 11.1 Å². The van der Waals surface area contributed by atoms with Gasteiger partial charge in [0.2, 0.25) is 0 Å². The molecule has 33 heavy (non-hydrogen) atoms. The zero-order valence-electron chi connectivity index (χ0n) is 20.7. The van der Waals surface area contributed by atoms with Crippen molar-refractivity contribution >= 4 is 0 Å². The molecule has 0 bridgehead atoms. The van der Waals surface area contributed by atoms with E-state index in [4.69, 9.17) is 0 Å². The van der Waals surface area contributed by atoms with E-state index in [1.807, 2.05) is 24.3 Å². The molecule has 2 aromatic carbocycles. The van der Waals surface area contributed by atoms with Gasteiger partial charge in [-0.15, -0.1) is 0 Å². The molecular formula is C32H43F. The van der Waals surface area contributed by atoms with Gasteiger partial charge in [-0.3, -0.25) is 0 Å². The normalized spacial score (nSPS) is 26.0. The van der Waals surface area contributed by atoms with Crippen LogP contribution in [0.15, 0.2) is 60.7 Å². The molecule has 2 aromatic rings. The first-order chi connectivity index (χ1) is 16.2. The maximum absolute atomic E-state index is 12.7. The van der Waals surface area contributed by atoms with Crippen LogP contribution in [-0.4, -0.2) is 0 Å². The third-order valence-electron chi connectivity index (χ3n) is 8.66. The average Bonchev–Trinajstić information content (AvgIpc) is 2.89. The summed E-state index contributed by atoms with van der Waals surface area (Å²) in [4.78, 5) is 0. The molecule has 0 nitrogen and oxygen atoms in total. The molecule has 0 aromatic heterocycles. The number of benzene rings is 2. The largest absolute Gasteiger partial charge is 0.246 e. The van der Waals surface area contributed by atoms with Crippen LogP contribution in [0.1, 0.15) is 88.7 Å². The molecule has 2 aliphatic carbocycles. The van der Waals surface area contributed by atoms with E-state index in [1.165, 1.54) is 93.7 Å². The van der Waals surface area contributed by atoms with E-state index in [0.29, 0.717) is 0 Å². The highest BCUT2D eigenvalue weighted by molar-refractivity contribution is 5.63. The van der Waals surface area contributed by atoms with Gasteiger partial charge in [0.15, 0.2) is 0 Å². The van der Waals surface area contributed by atoms with Crippen LogP contribution < -0.4 is 0 Å². The molecule has 0 saturated heterocycles. The van der Waals surface area contributed by atoms with Gasteiger partial charge in [-0.1, -0.05) is 86.4 Å². The average molecular weight is 447 g/mol. The molecule has 0 amide bonds. The first-order valence-electron chi connectivity index (χ1n) is 13.6. The van der Waals surface area contributed by atoms with Gasteiger partial charge in [0.25, 0.3) is 0 Å². The number of aryl methyl sites for hydroxylation is 1. The second-order valence-corrected chi connectivity index (χ2v) is 10.8. The maximum atomic E-state index is 12.7. The van der Waals surface area contributed by atoms with E-state index in [-0.39, 0.29) is 6.67 Å². The second kappa shape index (κ2) is 12.5. The Hall–Kier alpha value is -1.89. The molecule has 178 valence electrons. The summed E-state index contributed by atoms with van der Waals surface area (Å²) in [7, 11) is 0. The second-order valence-electron chi connectivity index (χ2n) is 10.8. The highest BCUT2D eigenvalue weighted by atomic mass is 19.1. The predicted octanol–water partition coefficient (Wildman–Crippen LogP) is 9.72. The number of alkyl halides is 1. The van der Waals surface area contributed by atoms with E-state index in [0.717, 1.165) is 29.2 Å². The lowest BCUT2D eigenvalue weighted by Crippen LogP contribution is -2.26. The van der Waals surface area contributed by atoms with Crippen LogP contribution in [0.25, 0.3) is 11.1 Å². The smallest absolute Gasteiger partial charge is 0.115 e. The Balaban J connectivity index is 1.16. The van der Waals surface area contributed by atoms with Gasteiger partial charge in [0.1, 0.15) is 6.67 Å². The Morgan fingerprint density at radius 2 is 1.15 bits per heavy atom. The van der Waals surface area contributed by atoms with Crippen LogP contribution in [-0.2, 0) is 13.1 Å². The van der Waals surface area contributed by atoms with Crippen LogP contribution >= 0.6 is 0 Å². The Morgan fingerprint density at radius 1 is 0.667 bits per heavy atom. The molecule has 0 aliphatic heterocycles. The molecule has 0 unspecified atom stereocenters. The third kappa shape index (κ3) is 7.05. The van der Waals surface area contributed by atoms with Crippen molar-refractivity contribution in [1.82, 2.24) is 0 Å². The van der Waals surface area contributed by atoms with Crippen LogP contribution in [0, 0.1) is 23.7 Å². The molecule has 0 N–H and O–H groups in total. The fourth-order valence-electron chi connectivity index (χ4n) is 6.42. The third-order valence-corrected chi connectivity index (χ3v) is 8.66. The lowest BCUT2D eigenvalue weighted by molar-refractivity contribution is 0.141. The van der Waals surface area contributed by atoms with Crippen molar-refractivity contribution in [1.29, 1.82) is 0 Å². The van der Waals surface area contributed by atoms with E-state index in [1.54, 1.807) is 0 Å². The van der Waals surface area contributed by atoms with Gasteiger partial charge in [0, 0.05) is 0 Å². The van der Waals surface area contributed by atoms with Gasteiger partial charge in [-0.25, -0.2) is 4.39 Å². The highest BCUT2D eigenvalue weighted by Gasteiger charge is 2.30. The number of hydrogen-bond acceptors (Lipinski definition) is 0. The fourth-order valence-corrected chi connectivity index (χ4v) is 6.42. The van der Waals surface area contributed by atoms with Crippen molar-refractivity contribution < 1.29 is 4.39 Å². The first-order valence-corrected chi connectivity index (χ1v) is 13.6. The Kier molecular flexibility index (Phi) is 9.21. The maximum Gasteiger partial charge on any atom is 0.115 e. The summed E-state index contributed by atoms with van der Waals surface area (Å²) in [6.45, 7) is 1.75. The summed E-state index contributed by atoms with van der Waals surface area (Å²) in [5.41, 5.74) is 4.60. The summed E-state index contributed by atoms with van der Waals surface area (Å²) < 4.78 is 12.7. The van der Waals surface area contributed by atoms with E-state index in [9.17, 15) is 4.39 Å². The monoisotopic (exact) mass is 446 g/mol. The standard InChI is InChI=1S/C32H43F/c1-2-3-4-5-25-8-16-29(17-9-25)30-18-10-26(11-19-30)6-7-27-12-20-31(21-13-27)32-22-14-28(24-33)15-23-32/h2-3,12-15,20-23,25-26,29-30H,4-11,16-19,24H2,1H3/t25-,26-,29-,30-. The van der Waals surface area contributed by atoms with Crippen LogP contribution in [0.4, 0.5) is 4.39 Å². The fraction of sp³-hybridized carbons (Fsp3) is 0.562. The minimum Gasteiger partial charge on any atom is -0.246 e. The zero-order chi connectivity index (χ0) is 22.9. The number of halogens is 1. The van der Waals surface area contributed by atoms with Gasteiger partial charge >= 0.3 is 0 Å². The van der Waals surface area contributed by atoms with Crippen molar-refractivity contribution in [2.45, 2.75) is 90.6 Å². The zero-order valence-corrected chi connectivity index (χ0v) is 20.7. The van der Waals surface area contributed by atoms with E-state index < -0.39 is 0 Å². The minimum atomic E-state index is -0.390. The van der Waals surface area contributed by atoms with Gasteiger partial charge in [0.05, 0.1) is 0 Å². The topological polar surface area (TPSA) is 0 Å². The predicted molar refractivity (Wildman–Crippen MR) is 140 cm³/mol. The molecule has 1 heteroatoms. The van der Waals surface area contributed by atoms with Crippen LogP contribution in [0.2, 0.25) is 0 Å². The lowest BCUT2D eigenvalue weighted by atomic mass is 9.68. The minimum absolute atomic E-state index is 0.390. The van der Waals surface area contributed by atoms with Gasteiger partial charge < -0.3 is 0 Å². The molecule has 0 atom stereocenters. The number of allylic oxidation sites excluding steroid dienone is 2. The highest BCUT2D eigenvalue weighted by Crippen LogP contribution is 2.43. The van der Waals surface area contributed by atoms with Crippen molar-refractivity contribution in [3.05, 3.63) is 71.8 Å². The summed E-state index contributed by atoms with van der Waals surface area (Å²) >= 11 is 0. The van der Waals surface area contributed by atoms with Crippen LogP contribution in [0.3, 0.4) is 0 Å². The molecule has 2 aliphatic rings. The Labute approximate surface area is 201 Å². The molecule has 0 radical (unpaired) electrons. The van der Waals surface area contributed by atoms with Gasteiger partial charge in [-0.05, 0) is 104 Å². The SMILES string of the molecule is CC=CCC[C@H]1CC[C@H]([C@H]2CC[C@H](CCc3ccc(-c4ccc(CF)cc4)cc3)CC2)CC1. The lowest BCUT2D eigenvalue weighted by Gasteiger charge is -2.38. The molecule has 0 spiro atoms. The van der Waals surface area contributed by atoms with E-state index >= 15 is 0 Å². The number of rotatable bonds is 9.